The molecule has 2 aromatic rings. The van der Waals surface area contributed by atoms with Gasteiger partial charge in [-0.25, -0.2) is 0 Å². The summed E-state index contributed by atoms with van der Waals surface area (Å²) in [6, 6.07) is 18.3. The smallest absolute Gasteiger partial charge is 0.124 e. The minimum absolute atomic E-state index is 0.200. The van der Waals surface area contributed by atoms with Gasteiger partial charge >= 0.3 is 0 Å². The molecule has 0 saturated carbocycles. The predicted molar refractivity (Wildman–Crippen MR) is 87.7 cm³/mol. The molecule has 1 heterocycles. The van der Waals surface area contributed by atoms with Crippen molar-refractivity contribution in [2.24, 2.45) is 0 Å². The maximum absolute atomic E-state index is 9.06. The van der Waals surface area contributed by atoms with Crippen molar-refractivity contribution < 1.29 is 4.74 Å². The van der Waals surface area contributed by atoms with Crippen molar-refractivity contribution in [2.45, 2.75) is 18.9 Å². The lowest BCUT2D eigenvalue weighted by Crippen LogP contribution is -2.27. The molecule has 0 amide bonds. The van der Waals surface area contributed by atoms with Gasteiger partial charge in [0.15, 0.2) is 0 Å². The predicted octanol–water partition coefficient (Wildman–Crippen LogP) is 3.55. The minimum Gasteiger partial charge on any atom is -0.493 e. The number of fused-ring (bicyclic) bond motifs is 1. The number of benzene rings is 2. The zero-order chi connectivity index (χ0) is 16.1. The normalized spacial score (nSPS) is 15.8. The van der Waals surface area contributed by atoms with E-state index in [1.54, 1.807) is 6.07 Å². The van der Waals surface area contributed by atoms with Gasteiger partial charge in [0.1, 0.15) is 5.75 Å². The largest absolute Gasteiger partial charge is 0.493 e. The molecular formula is C19H17N3O. The average molecular weight is 303 g/mol. The minimum atomic E-state index is 0.200. The van der Waals surface area contributed by atoms with E-state index in [0.29, 0.717) is 25.1 Å². The fraction of sp³-hybridized carbons (Fsp3) is 0.263. The zero-order valence-electron chi connectivity index (χ0n) is 12.7. The molecule has 0 saturated heterocycles. The van der Waals surface area contributed by atoms with Crippen LogP contribution in [0.1, 0.15) is 30.0 Å². The average Bonchev–Trinajstić information content (AvgIpc) is 2.62. The van der Waals surface area contributed by atoms with Gasteiger partial charge in [0.2, 0.25) is 0 Å². The molecule has 3 rings (SSSR count). The monoisotopic (exact) mass is 303 g/mol. The fourth-order valence-corrected chi connectivity index (χ4v) is 2.86. The van der Waals surface area contributed by atoms with E-state index < -0.39 is 0 Å². The molecule has 2 aromatic carbocycles. The van der Waals surface area contributed by atoms with Crippen molar-refractivity contribution >= 4 is 0 Å². The molecule has 1 aliphatic rings. The van der Waals surface area contributed by atoms with Gasteiger partial charge in [-0.2, -0.15) is 10.5 Å². The molecule has 0 radical (unpaired) electrons. The number of nitrogens with one attached hydrogen (secondary N) is 1. The van der Waals surface area contributed by atoms with Gasteiger partial charge in [-0.3, -0.25) is 0 Å². The number of nitriles is 2. The van der Waals surface area contributed by atoms with E-state index in [1.165, 1.54) is 0 Å². The third kappa shape index (κ3) is 3.34. The van der Waals surface area contributed by atoms with E-state index in [9.17, 15) is 0 Å². The Hall–Kier alpha value is -2.82. The van der Waals surface area contributed by atoms with Gasteiger partial charge in [-0.15, -0.1) is 0 Å². The lowest BCUT2D eigenvalue weighted by molar-refractivity contribution is 0.253. The SMILES string of the molecule is N#CCCN[C@@H]1CCOc2ccc(-c3cccc(C#N)c3)cc21. The van der Waals surface area contributed by atoms with E-state index >= 15 is 0 Å². The molecule has 114 valence electrons. The Balaban J connectivity index is 1.92. The van der Waals surface area contributed by atoms with Gasteiger partial charge in [0.05, 0.1) is 24.3 Å². The van der Waals surface area contributed by atoms with Gasteiger partial charge < -0.3 is 10.1 Å². The van der Waals surface area contributed by atoms with Crippen LogP contribution in [0.5, 0.6) is 5.75 Å². The summed E-state index contributed by atoms with van der Waals surface area (Å²) in [7, 11) is 0. The highest BCUT2D eigenvalue weighted by Crippen LogP contribution is 2.35. The number of hydrogen-bond acceptors (Lipinski definition) is 4. The Kier molecular flexibility index (Phi) is 4.57. The first-order valence-corrected chi connectivity index (χ1v) is 7.69. The van der Waals surface area contributed by atoms with Crippen molar-refractivity contribution in [1.82, 2.24) is 5.32 Å². The Morgan fingerprint density at radius 1 is 1.13 bits per heavy atom. The maximum atomic E-state index is 9.06. The highest BCUT2D eigenvalue weighted by molar-refractivity contribution is 5.67. The lowest BCUT2D eigenvalue weighted by atomic mass is 9.95. The molecule has 0 unspecified atom stereocenters. The van der Waals surface area contributed by atoms with Gasteiger partial charge in [0, 0.05) is 31.0 Å². The number of nitrogens with zero attached hydrogens (tertiary/aromatic N) is 2. The van der Waals surface area contributed by atoms with Crippen molar-refractivity contribution in [3.63, 3.8) is 0 Å². The van der Waals surface area contributed by atoms with E-state index in [0.717, 1.165) is 28.9 Å². The number of rotatable bonds is 4. The molecular weight excluding hydrogens is 286 g/mol. The third-order valence-electron chi connectivity index (χ3n) is 4.00. The molecule has 0 bridgehead atoms. The Morgan fingerprint density at radius 2 is 2.00 bits per heavy atom. The second-order valence-corrected chi connectivity index (χ2v) is 5.50. The Bertz CT molecular complexity index is 786. The summed E-state index contributed by atoms with van der Waals surface area (Å²) in [4.78, 5) is 0. The zero-order valence-corrected chi connectivity index (χ0v) is 12.7. The molecule has 23 heavy (non-hydrogen) atoms. The van der Waals surface area contributed by atoms with Crippen LogP contribution in [-0.2, 0) is 0 Å². The highest BCUT2D eigenvalue weighted by atomic mass is 16.5. The fourth-order valence-electron chi connectivity index (χ4n) is 2.86. The standard InChI is InChI=1S/C19H17N3O/c20-8-2-9-22-18-7-10-23-19-6-5-16(12-17(18)19)15-4-1-3-14(11-15)13-21/h1,3-6,11-12,18,22H,2,7,9-10H2/t18-/m1/s1. The first-order chi connectivity index (χ1) is 11.3. The summed E-state index contributed by atoms with van der Waals surface area (Å²) in [6.07, 6.45) is 1.39. The van der Waals surface area contributed by atoms with Crippen LogP contribution in [0.15, 0.2) is 42.5 Å². The van der Waals surface area contributed by atoms with Crippen LogP contribution in [-0.4, -0.2) is 13.2 Å². The summed E-state index contributed by atoms with van der Waals surface area (Å²) in [5.74, 6) is 0.894. The summed E-state index contributed by atoms with van der Waals surface area (Å²) in [5, 5.41) is 21.2. The van der Waals surface area contributed by atoms with Crippen LogP contribution in [0.3, 0.4) is 0 Å². The molecule has 0 fully saturated rings. The first kappa shape index (κ1) is 15.1. The summed E-state index contributed by atoms with van der Waals surface area (Å²) in [5.41, 5.74) is 3.86. The lowest BCUT2D eigenvalue weighted by Gasteiger charge is -2.27. The second kappa shape index (κ2) is 6.96. The molecule has 0 aliphatic carbocycles. The Morgan fingerprint density at radius 3 is 2.83 bits per heavy atom. The quantitative estimate of drug-likeness (QED) is 0.877. The molecule has 4 heteroatoms. The van der Waals surface area contributed by atoms with Crippen molar-refractivity contribution in [1.29, 1.82) is 10.5 Å². The van der Waals surface area contributed by atoms with Crippen molar-refractivity contribution in [2.75, 3.05) is 13.2 Å². The summed E-state index contributed by atoms with van der Waals surface area (Å²) >= 11 is 0. The summed E-state index contributed by atoms with van der Waals surface area (Å²) < 4.78 is 5.74. The Labute approximate surface area is 135 Å². The van der Waals surface area contributed by atoms with Crippen LogP contribution >= 0.6 is 0 Å². The topological polar surface area (TPSA) is 68.8 Å². The molecule has 1 aliphatic heterocycles. The van der Waals surface area contributed by atoms with Gasteiger partial charge in [-0.05, 0) is 35.4 Å². The van der Waals surface area contributed by atoms with Crippen LogP contribution < -0.4 is 10.1 Å². The number of ether oxygens (including phenoxy) is 1. The van der Waals surface area contributed by atoms with E-state index in [1.807, 2.05) is 30.3 Å². The van der Waals surface area contributed by atoms with E-state index in [2.05, 4.69) is 23.5 Å². The first-order valence-electron chi connectivity index (χ1n) is 7.69. The second-order valence-electron chi connectivity index (χ2n) is 5.50. The van der Waals surface area contributed by atoms with Crippen molar-refractivity contribution in [3.8, 4) is 29.0 Å². The molecule has 1 atom stereocenters. The van der Waals surface area contributed by atoms with Crippen LogP contribution in [0.2, 0.25) is 0 Å². The van der Waals surface area contributed by atoms with E-state index in [4.69, 9.17) is 15.3 Å². The molecule has 0 aromatic heterocycles. The molecule has 1 N–H and O–H groups in total. The van der Waals surface area contributed by atoms with Crippen LogP contribution in [0, 0.1) is 22.7 Å². The van der Waals surface area contributed by atoms with Gasteiger partial charge in [0.25, 0.3) is 0 Å². The highest BCUT2D eigenvalue weighted by Gasteiger charge is 2.21. The van der Waals surface area contributed by atoms with Gasteiger partial charge in [-0.1, -0.05) is 18.2 Å². The van der Waals surface area contributed by atoms with Crippen LogP contribution in [0.4, 0.5) is 0 Å². The maximum Gasteiger partial charge on any atom is 0.124 e. The van der Waals surface area contributed by atoms with Crippen molar-refractivity contribution in [3.05, 3.63) is 53.6 Å². The molecule has 4 nitrogen and oxygen atoms in total. The molecule has 0 spiro atoms. The van der Waals surface area contributed by atoms with Crippen LogP contribution in [0.25, 0.3) is 11.1 Å². The number of hydrogen-bond donors (Lipinski definition) is 1. The van der Waals surface area contributed by atoms with E-state index in [-0.39, 0.29) is 6.04 Å². The third-order valence-corrected chi connectivity index (χ3v) is 4.00. The summed E-state index contributed by atoms with van der Waals surface area (Å²) in [6.45, 7) is 1.36.